The highest BCUT2D eigenvalue weighted by molar-refractivity contribution is 14.1. The second kappa shape index (κ2) is 7.38. The molecule has 0 atom stereocenters. The first kappa shape index (κ1) is 19.5. The minimum atomic E-state index is 1.15. The molecule has 1 N–H and O–H groups in total. The Morgan fingerprint density at radius 1 is 0.964 bits per heavy atom. The van der Waals surface area contributed by atoms with Crippen LogP contribution in [-0.2, 0) is 12.8 Å². The van der Waals surface area contributed by atoms with Gasteiger partial charge in [0, 0.05) is 10.0 Å². The molecule has 0 unspecified atom stereocenters. The summed E-state index contributed by atoms with van der Waals surface area (Å²) in [6, 6.07) is 4.48. The van der Waals surface area contributed by atoms with E-state index in [1.807, 2.05) is 0 Å². The van der Waals surface area contributed by atoms with Crippen LogP contribution in [0.4, 0.5) is 0 Å². The van der Waals surface area contributed by atoms with Gasteiger partial charge in [-0.1, -0.05) is 15.9 Å². The van der Waals surface area contributed by atoms with Gasteiger partial charge in [-0.05, 0) is 149 Å². The number of H-pyrrole nitrogens is 1. The first-order chi connectivity index (χ1) is 13.5. The predicted octanol–water partition coefficient (Wildman–Crippen LogP) is 7.57. The molecule has 2 nitrogen and oxygen atoms in total. The Bertz CT molecular complexity index is 1090. The summed E-state index contributed by atoms with van der Waals surface area (Å²) in [7, 11) is 0. The molecular weight excluding hydrogens is 638 g/mol. The molecule has 144 valence electrons. The van der Waals surface area contributed by atoms with Crippen molar-refractivity contribution < 1.29 is 0 Å². The van der Waals surface area contributed by atoms with Gasteiger partial charge in [-0.25, -0.2) is 4.99 Å². The lowest BCUT2D eigenvalue weighted by Crippen LogP contribution is -2.02. The lowest BCUT2D eigenvalue weighted by molar-refractivity contribution is 0.893. The van der Waals surface area contributed by atoms with Gasteiger partial charge in [-0.15, -0.1) is 0 Å². The Balaban J connectivity index is 1.86. The molecule has 5 rings (SSSR count). The van der Waals surface area contributed by atoms with Crippen LogP contribution >= 0.6 is 61.1 Å². The van der Waals surface area contributed by atoms with E-state index in [1.165, 1.54) is 95.5 Å². The van der Waals surface area contributed by atoms with Crippen molar-refractivity contribution in [1.82, 2.24) is 4.98 Å². The van der Waals surface area contributed by atoms with E-state index in [0.717, 1.165) is 10.9 Å². The monoisotopic (exact) mass is 658 g/mol. The van der Waals surface area contributed by atoms with E-state index in [1.54, 1.807) is 0 Å². The predicted molar refractivity (Wildman–Crippen MR) is 138 cm³/mol. The maximum absolute atomic E-state index is 5.14. The fourth-order valence-corrected chi connectivity index (χ4v) is 7.46. The summed E-state index contributed by atoms with van der Waals surface area (Å²) >= 11 is 8.61. The number of hydrogen-bond acceptors (Lipinski definition) is 1. The summed E-state index contributed by atoms with van der Waals surface area (Å²) in [6.07, 6.45) is 7.20. The van der Waals surface area contributed by atoms with Crippen LogP contribution in [-0.4, -0.2) is 8.70 Å². The molecular formula is C23H21BrI2N2. The zero-order valence-corrected chi connectivity index (χ0v) is 21.9. The lowest BCUT2D eigenvalue weighted by atomic mass is 9.88. The smallest absolute Gasteiger partial charge is 0.105 e. The summed E-state index contributed by atoms with van der Waals surface area (Å²) in [4.78, 5) is 8.92. The molecule has 1 aliphatic heterocycles. The molecule has 0 radical (unpaired) electrons. The SMILES string of the molecule is Cc1cc(Br)cc(C)c1/C(=C1/N=C(I)C2=C1CCC2)c1[nH]c(I)c2c1CCC2. The number of nitrogens with one attached hydrogen (secondary N) is 1. The van der Waals surface area contributed by atoms with Crippen LogP contribution in [0.15, 0.2) is 38.4 Å². The van der Waals surface area contributed by atoms with Crippen molar-refractivity contribution in [3.05, 3.63) is 70.7 Å². The van der Waals surface area contributed by atoms with Crippen LogP contribution in [0.1, 0.15) is 59.2 Å². The van der Waals surface area contributed by atoms with E-state index >= 15 is 0 Å². The second-order valence-corrected chi connectivity index (χ2v) is 11.0. The number of aromatic amines is 1. The molecule has 0 amide bonds. The molecule has 1 aromatic carbocycles. The van der Waals surface area contributed by atoms with Gasteiger partial charge in [0.05, 0.1) is 15.1 Å². The zero-order valence-electron chi connectivity index (χ0n) is 16.0. The number of benzene rings is 1. The molecule has 0 saturated carbocycles. The summed E-state index contributed by atoms with van der Waals surface area (Å²) in [5.41, 5.74) is 13.8. The van der Waals surface area contributed by atoms with Gasteiger partial charge in [0.2, 0.25) is 0 Å². The summed E-state index contributed by atoms with van der Waals surface area (Å²) < 4.78 is 3.65. The van der Waals surface area contributed by atoms with E-state index in [9.17, 15) is 0 Å². The van der Waals surface area contributed by atoms with Gasteiger partial charge in [-0.3, -0.25) is 0 Å². The van der Waals surface area contributed by atoms with E-state index < -0.39 is 0 Å². The Morgan fingerprint density at radius 2 is 1.61 bits per heavy atom. The molecule has 1 aromatic heterocycles. The number of allylic oxidation sites excluding steroid dienone is 2. The molecule has 28 heavy (non-hydrogen) atoms. The fraction of sp³-hybridized carbons (Fsp3) is 0.348. The average molecular weight is 659 g/mol. The van der Waals surface area contributed by atoms with Crippen molar-refractivity contribution in [2.24, 2.45) is 4.99 Å². The van der Waals surface area contributed by atoms with Crippen molar-refractivity contribution in [2.75, 3.05) is 0 Å². The molecule has 0 spiro atoms. The molecule has 2 heterocycles. The van der Waals surface area contributed by atoms with E-state index in [4.69, 9.17) is 4.99 Å². The number of halogens is 3. The molecule has 2 aromatic rings. The van der Waals surface area contributed by atoms with Crippen LogP contribution in [0, 0.1) is 17.5 Å². The van der Waals surface area contributed by atoms with Gasteiger partial charge >= 0.3 is 0 Å². The van der Waals surface area contributed by atoms with Gasteiger partial charge < -0.3 is 4.98 Å². The number of aromatic nitrogens is 1. The highest BCUT2D eigenvalue weighted by Crippen LogP contribution is 2.47. The zero-order chi connectivity index (χ0) is 19.6. The number of hydrogen-bond donors (Lipinski definition) is 1. The van der Waals surface area contributed by atoms with Crippen molar-refractivity contribution >= 4 is 70.4 Å². The Labute approximate surface area is 201 Å². The second-order valence-electron chi connectivity index (χ2n) is 7.98. The molecule has 3 aliphatic rings. The summed E-state index contributed by atoms with van der Waals surface area (Å²) in [5.74, 6) is 0. The Kier molecular flexibility index (Phi) is 5.15. The van der Waals surface area contributed by atoms with E-state index in [2.05, 4.69) is 92.1 Å². The summed E-state index contributed by atoms with van der Waals surface area (Å²) in [6.45, 7) is 4.46. The topological polar surface area (TPSA) is 28.1 Å². The highest BCUT2D eigenvalue weighted by Gasteiger charge is 2.33. The van der Waals surface area contributed by atoms with Crippen molar-refractivity contribution in [2.45, 2.75) is 52.4 Å². The average Bonchev–Trinajstić information content (AvgIpc) is 3.37. The normalized spacial score (nSPS) is 20.0. The van der Waals surface area contributed by atoms with Crippen LogP contribution in [0.3, 0.4) is 0 Å². The minimum absolute atomic E-state index is 1.15. The Hall–Kier alpha value is -0.410. The third-order valence-corrected chi connectivity index (χ3v) is 8.49. The maximum Gasteiger partial charge on any atom is 0.105 e. The minimum Gasteiger partial charge on any atom is -0.349 e. The number of fused-ring (bicyclic) bond motifs is 1. The van der Waals surface area contributed by atoms with Crippen LogP contribution < -0.4 is 0 Å². The van der Waals surface area contributed by atoms with Crippen molar-refractivity contribution in [3.63, 3.8) is 0 Å². The van der Waals surface area contributed by atoms with Gasteiger partial charge in [-0.2, -0.15) is 0 Å². The fourth-order valence-electron chi connectivity index (χ4n) is 5.08. The molecule has 5 heteroatoms. The molecule has 2 aliphatic carbocycles. The number of rotatable bonds is 2. The highest BCUT2D eigenvalue weighted by atomic mass is 127. The molecule has 0 saturated heterocycles. The van der Waals surface area contributed by atoms with E-state index in [0.29, 0.717) is 0 Å². The van der Waals surface area contributed by atoms with Crippen molar-refractivity contribution in [3.8, 4) is 0 Å². The van der Waals surface area contributed by atoms with Gasteiger partial charge in [0.1, 0.15) is 3.72 Å². The lowest BCUT2D eigenvalue weighted by Gasteiger charge is -2.18. The first-order valence-corrected chi connectivity index (χ1v) is 12.8. The number of aryl methyl sites for hydroxylation is 2. The van der Waals surface area contributed by atoms with Crippen LogP contribution in [0.25, 0.3) is 5.57 Å². The quantitative estimate of drug-likeness (QED) is 0.323. The van der Waals surface area contributed by atoms with Gasteiger partial charge in [0.15, 0.2) is 0 Å². The third kappa shape index (κ3) is 3.02. The van der Waals surface area contributed by atoms with Crippen molar-refractivity contribution in [1.29, 1.82) is 0 Å². The first-order valence-electron chi connectivity index (χ1n) is 9.83. The van der Waals surface area contributed by atoms with E-state index in [-0.39, 0.29) is 0 Å². The van der Waals surface area contributed by atoms with Gasteiger partial charge in [0.25, 0.3) is 0 Å². The number of aliphatic imine (C=N–C) groups is 1. The third-order valence-electron chi connectivity index (χ3n) is 6.22. The largest absolute Gasteiger partial charge is 0.349 e. The molecule has 0 fully saturated rings. The standard InChI is InChI=1S/C23H21BrI2N2/c1-11-9-13(24)10-12(2)18(11)19(20-14-5-3-7-16(14)22(25)27-20)21-15-6-4-8-17(15)23(26)28-21/h9-10,27H,3-8H2,1-2H3/b21-19-. The van der Waals surface area contributed by atoms with Crippen LogP contribution in [0.5, 0.6) is 0 Å². The number of nitrogens with zero attached hydrogens (tertiary/aromatic N) is 1. The van der Waals surface area contributed by atoms with Crippen LogP contribution in [0.2, 0.25) is 0 Å². The summed E-state index contributed by atoms with van der Waals surface area (Å²) in [5, 5.41) is 0. The molecule has 0 bridgehead atoms. The maximum atomic E-state index is 5.14. The Morgan fingerprint density at radius 3 is 2.36 bits per heavy atom.